The van der Waals surface area contributed by atoms with Crippen LogP contribution in [0.1, 0.15) is 19.8 Å². The van der Waals surface area contributed by atoms with E-state index in [-0.39, 0.29) is 6.73 Å². The van der Waals surface area contributed by atoms with Gasteiger partial charge in [-0.2, -0.15) is 0 Å². The van der Waals surface area contributed by atoms with E-state index >= 15 is 0 Å². The molecule has 0 aliphatic heterocycles. The van der Waals surface area contributed by atoms with Gasteiger partial charge in [-0.25, -0.2) is 5.01 Å². The number of rotatable bonds is 7. The Morgan fingerprint density at radius 1 is 1.38 bits per heavy atom. The number of nitroso groups, excluding NO2 is 1. The molecule has 0 aromatic heterocycles. The van der Waals surface area contributed by atoms with E-state index in [4.69, 9.17) is 4.74 Å². The molecular weight excluding hydrogens is 272 g/mol. The van der Waals surface area contributed by atoms with Crippen molar-refractivity contribution in [3.8, 4) is 0 Å². The number of hydrogen-bond acceptors (Lipinski definition) is 3. The van der Waals surface area contributed by atoms with Crippen LogP contribution in [0.2, 0.25) is 0 Å². The van der Waals surface area contributed by atoms with E-state index in [0.717, 1.165) is 23.0 Å². The van der Waals surface area contributed by atoms with Crippen molar-refractivity contribution in [2.75, 3.05) is 18.3 Å². The van der Waals surface area contributed by atoms with Gasteiger partial charge in [-0.3, -0.25) is 0 Å². The second-order valence-corrected chi connectivity index (χ2v) is 4.26. The second kappa shape index (κ2) is 7.35. The van der Waals surface area contributed by atoms with Gasteiger partial charge in [0.25, 0.3) is 0 Å². The van der Waals surface area contributed by atoms with Gasteiger partial charge in [-0.15, -0.1) is 4.91 Å². The van der Waals surface area contributed by atoms with Crippen molar-refractivity contribution in [1.29, 1.82) is 0 Å². The van der Waals surface area contributed by atoms with Crippen LogP contribution in [0.25, 0.3) is 0 Å². The van der Waals surface area contributed by atoms with Gasteiger partial charge in [0.1, 0.15) is 6.73 Å². The number of ether oxygens (including phenoxy) is 1. The Morgan fingerprint density at radius 2 is 2.06 bits per heavy atom. The lowest BCUT2D eigenvalue weighted by Crippen LogP contribution is -2.19. The lowest BCUT2D eigenvalue weighted by atomic mass is 10.3. The summed E-state index contributed by atoms with van der Waals surface area (Å²) in [4.78, 5) is 10.6. The van der Waals surface area contributed by atoms with Crippen molar-refractivity contribution in [3.05, 3.63) is 33.6 Å². The number of nitrogens with zero attached hydrogens (tertiary/aromatic N) is 2. The highest BCUT2D eigenvalue weighted by molar-refractivity contribution is 9.10. The molecular formula is C11H15BrN2O2. The van der Waals surface area contributed by atoms with Gasteiger partial charge in [0.15, 0.2) is 0 Å². The van der Waals surface area contributed by atoms with E-state index in [1.165, 1.54) is 5.01 Å². The maximum atomic E-state index is 10.6. The van der Waals surface area contributed by atoms with E-state index in [0.29, 0.717) is 6.61 Å². The Balaban J connectivity index is 2.47. The molecule has 0 heterocycles. The van der Waals surface area contributed by atoms with Gasteiger partial charge in [0.05, 0.1) is 11.0 Å². The van der Waals surface area contributed by atoms with Crippen LogP contribution in [-0.2, 0) is 4.74 Å². The maximum absolute atomic E-state index is 10.6. The maximum Gasteiger partial charge on any atom is 0.143 e. The van der Waals surface area contributed by atoms with Crippen LogP contribution >= 0.6 is 15.9 Å². The van der Waals surface area contributed by atoms with Crippen molar-refractivity contribution in [2.45, 2.75) is 19.8 Å². The summed E-state index contributed by atoms with van der Waals surface area (Å²) >= 11 is 3.33. The topological polar surface area (TPSA) is 41.9 Å². The highest BCUT2D eigenvalue weighted by Gasteiger charge is 2.05. The molecule has 5 heteroatoms. The first kappa shape index (κ1) is 13.1. The van der Waals surface area contributed by atoms with Crippen molar-refractivity contribution in [2.24, 2.45) is 5.29 Å². The monoisotopic (exact) mass is 286 g/mol. The molecule has 16 heavy (non-hydrogen) atoms. The summed E-state index contributed by atoms with van der Waals surface area (Å²) in [7, 11) is 0. The average Bonchev–Trinajstić information content (AvgIpc) is 2.31. The van der Waals surface area contributed by atoms with Crippen LogP contribution in [-0.4, -0.2) is 13.3 Å². The van der Waals surface area contributed by atoms with Gasteiger partial charge in [0, 0.05) is 11.1 Å². The van der Waals surface area contributed by atoms with Gasteiger partial charge in [-0.05, 0) is 30.7 Å². The highest BCUT2D eigenvalue weighted by Crippen LogP contribution is 2.18. The molecule has 0 bridgehead atoms. The Bertz CT molecular complexity index is 316. The molecule has 0 aliphatic carbocycles. The summed E-state index contributed by atoms with van der Waals surface area (Å²) in [5.41, 5.74) is 0.731. The van der Waals surface area contributed by atoms with Crippen molar-refractivity contribution in [3.63, 3.8) is 0 Å². The lowest BCUT2D eigenvalue weighted by molar-refractivity contribution is 0.131. The molecule has 0 spiro atoms. The molecule has 0 radical (unpaired) electrons. The molecule has 1 rings (SSSR count). The first-order chi connectivity index (χ1) is 7.77. The molecule has 4 nitrogen and oxygen atoms in total. The van der Waals surface area contributed by atoms with Crippen molar-refractivity contribution >= 4 is 21.6 Å². The molecule has 1 aromatic carbocycles. The highest BCUT2D eigenvalue weighted by atomic mass is 79.9. The minimum atomic E-state index is 0.200. The van der Waals surface area contributed by atoms with E-state index in [9.17, 15) is 4.91 Å². The van der Waals surface area contributed by atoms with E-state index < -0.39 is 0 Å². The van der Waals surface area contributed by atoms with Gasteiger partial charge in [0.2, 0.25) is 0 Å². The summed E-state index contributed by atoms with van der Waals surface area (Å²) in [5, 5.41) is 4.22. The first-order valence-electron chi connectivity index (χ1n) is 5.22. The van der Waals surface area contributed by atoms with Gasteiger partial charge in [-0.1, -0.05) is 29.3 Å². The summed E-state index contributed by atoms with van der Waals surface area (Å²) in [6.45, 7) is 2.94. The quantitative estimate of drug-likeness (QED) is 0.332. The smallest absolute Gasteiger partial charge is 0.143 e. The van der Waals surface area contributed by atoms with Crippen LogP contribution in [0.5, 0.6) is 0 Å². The molecule has 88 valence electrons. The predicted molar refractivity (Wildman–Crippen MR) is 68.1 cm³/mol. The minimum Gasteiger partial charge on any atom is -0.359 e. The number of benzene rings is 1. The SMILES string of the molecule is CCCCOCN(N=O)c1ccc(Br)cc1. The summed E-state index contributed by atoms with van der Waals surface area (Å²) in [6, 6.07) is 7.35. The van der Waals surface area contributed by atoms with Crippen molar-refractivity contribution in [1.82, 2.24) is 0 Å². The number of unbranched alkanes of at least 4 members (excludes halogenated alkanes) is 1. The molecule has 0 fully saturated rings. The number of halogens is 1. The van der Waals surface area contributed by atoms with Crippen LogP contribution < -0.4 is 5.01 Å². The zero-order valence-corrected chi connectivity index (χ0v) is 10.8. The molecule has 0 N–H and O–H groups in total. The fourth-order valence-electron chi connectivity index (χ4n) is 1.16. The Kier molecular flexibility index (Phi) is 6.03. The molecule has 1 aromatic rings. The molecule has 0 saturated heterocycles. The van der Waals surface area contributed by atoms with E-state index in [1.807, 2.05) is 24.3 Å². The lowest BCUT2D eigenvalue weighted by Gasteiger charge is -2.15. The fraction of sp³-hybridized carbons (Fsp3) is 0.455. The number of hydrogen-bond donors (Lipinski definition) is 0. The Hall–Kier alpha value is -0.940. The standard InChI is InChI=1S/C11H15BrN2O2/c1-2-3-8-16-9-14(13-15)11-6-4-10(12)5-7-11/h4-7H,2-3,8-9H2,1H3. The minimum absolute atomic E-state index is 0.200. The molecule has 0 saturated carbocycles. The Morgan fingerprint density at radius 3 is 2.62 bits per heavy atom. The zero-order chi connectivity index (χ0) is 11.8. The third-order valence-corrected chi connectivity index (χ3v) is 2.61. The second-order valence-electron chi connectivity index (χ2n) is 3.35. The number of anilines is 1. The molecule has 0 unspecified atom stereocenters. The van der Waals surface area contributed by atoms with E-state index in [2.05, 4.69) is 28.1 Å². The summed E-state index contributed by atoms with van der Waals surface area (Å²) in [5.74, 6) is 0. The normalized spacial score (nSPS) is 10.1. The third-order valence-electron chi connectivity index (χ3n) is 2.08. The fourth-order valence-corrected chi connectivity index (χ4v) is 1.42. The van der Waals surface area contributed by atoms with Crippen LogP contribution in [0.3, 0.4) is 0 Å². The largest absolute Gasteiger partial charge is 0.359 e. The van der Waals surface area contributed by atoms with E-state index in [1.54, 1.807) is 0 Å². The van der Waals surface area contributed by atoms with Gasteiger partial charge < -0.3 is 4.74 Å². The molecule has 0 aliphatic rings. The predicted octanol–water partition coefficient (Wildman–Crippen LogP) is 3.71. The molecule has 0 atom stereocenters. The third kappa shape index (κ3) is 4.28. The zero-order valence-electron chi connectivity index (χ0n) is 9.23. The summed E-state index contributed by atoms with van der Waals surface area (Å²) in [6.07, 6.45) is 2.07. The van der Waals surface area contributed by atoms with Gasteiger partial charge >= 0.3 is 0 Å². The first-order valence-corrected chi connectivity index (χ1v) is 6.01. The summed E-state index contributed by atoms with van der Waals surface area (Å²) < 4.78 is 6.30. The van der Waals surface area contributed by atoms with Crippen molar-refractivity contribution < 1.29 is 4.74 Å². The van der Waals surface area contributed by atoms with Crippen LogP contribution in [0.4, 0.5) is 5.69 Å². The average molecular weight is 287 g/mol. The Labute approximate surface area is 104 Å². The molecule has 0 amide bonds. The van der Waals surface area contributed by atoms with Crippen LogP contribution in [0, 0.1) is 4.91 Å². The van der Waals surface area contributed by atoms with Crippen LogP contribution in [0.15, 0.2) is 34.0 Å².